The maximum absolute atomic E-state index is 12.6. The van der Waals surface area contributed by atoms with E-state index in [-0.39, 0.29) is 11.3 Å². The van der Waals surface area contributed by atoms with E-state index >= 15 is 0 Å². The maximum atomic E-state index is 12.6. The minimum Gasteiger partial charge on any atom is -0.508 e. The molecule has 7 nitrogen and oxygen atoms in total. The molecule has 3 rings (SSSR count). The minimum absolute atomic E-state index is 0.0569. The van der Waals surface area contributed by atoms with Crippen molar-refractivity contribution in [2.24, 2.45) is 0 Å². The first-order chi connectivity index (χ1) is 15.3. The number of hydrogen-bond acceptors (Lipinski definition) is 5. The summed E-state index contributed by atoms with van der Waals surface area (Å²) in [6.07, 6.45) is 1.53. The Morgan fingerprint density at radius 3 is 2.53 bits per heavy atom. The van der Waals surface area contributed by atoms with Gasteiger partial charge in [0.1, 0.15) is 17.4 Å². The number of carbonyl (C=O) groups is 2. The lowest BCUT2D eigenvalue weighted by molar-refractivity contribution is -0.112. The largest absolute Gasteiger partial charge is 0.508 e. The highest BCUT2D eigenvalue weighted by Gasteiger charge is 2.15. The van der Waals surface area contributed by atoms with Crippen molar-refractivity contribution in [1.29, 1.82) is 5.26 Å². The molecule has 0 saturated heterocycles. The predicted octanol–water partition coefficient (Wildman–Crippen LogP) is 4.52. The number of aryl methyl sites for hydroxylation is 1. The second-order valence-corrected chi connectivity index (χ2v) is 7.10. The highest BCUT2D eigenvalue weighted by molar-refractivity contribution is 6.09. The van der Waals surface area contributed by atoms with Crippen LogP contribution in [0.2, 0.25) is 0 Å². The van der Waals surface area contributed by atoms with Crippen molar-refractivity contribution in [2.75, 3.05) is 11.9 Å². The molecular formula is C25H23N3O4. The Balaban J connectivity index is 1.92. The summed E-state index contributed by atoms with van der Waals surface area (Å²) < 4.78 is 7.03. The number of aromatic hydroxyl groups is 1. The van der Waals surface area contributed by atoms with E-state index in [9.17, 15) is 20.0 Å². The van der Waals surface area contributed by atoms with E-state index < -0.39 is 11.9 Å². The Bertz CT molecular complexity index is 1230. The van der Waals surface area contributed by atoms with Crippen LogP contribution in [0.1, 0.15) is 34.2 Å². The quantitative estimate of drug-likeness (QED) is 0.259. The van der Waals surface area contributed by atoms with E-state index in [1.165, 1.54) is 18.2 Å². The monoisotopic (exact) mass is 429 g/mol. The number of carbonyl (C=O) groups excluding carboxylic acids is 2. The van der Waals surface area contributed by atoms with Crippen molar-refractivity contribution in [3.63, 3.8) is 0 Å². The fraction of sp³-hybridized carbons (Fsp3) is 0.160. The van der Waals surface area contributed by atoms with Crippen molar-refractivity contribution in [1.82, 2.24) is 4.57 Å². The van der Waals surface area contributed by atoms with E-state index in [1.807, 2.05) is 36.6 Å². The Kier molecular flexibility index (Phi) is 6.76. The number of esters is 1. The zero-order valence-electron chi connectivity index (χ0n) is 18.0. The maximum Gasteiger partial charge on any atom is 0.338 e. The van der Waals surface area contributed by atoms with Gasteiger partial charge >= 0.3 is 5.97 Å². The molecule has 0 unspecified atom stereocenters. The van der Waals surface area contributed by atoms with Crippen LogP contribution in [-0.2, 0) is 9.53 Å². The number of nitrogens with zero attached hydrogens (tertiary/aromatic N) is 2. The summed E-state index contributed by atoms with van der Waals surface area (Å²) in [6, 6.07) is 16.9. The number of amides is 1. The third kappa shape index (κ3) is 4.87. The van der Waals surface area contributed by atoms with Crippen molar-refractivity contribution in [2.45, 2.75) is 20.8 Å². The molecule has 32 heavy (non-hydrogen) atoms. The lowest BCUT2D eigenvalue weighted by atomic mass is 10.1. The van der Waals surface area contributed by atoms with Gasteiger partial charge in [-0.15, -0.1) is 0 Å². The molecule has 3 aromatic rings. The van der Waals surface area contributed by atoms with Gasteiger partial charge in [0.25, 0.3) is 5.91 Å². The van der Waals surface area contributed by atoms with Crippen LogP contribution in [0.15, 0.2) is 60.2 Å². The molecule has 2 N–H and O–H groups in total. The van der Waals surface area contributed by atoms with E-state index in [0.717, 1.165) is 17.1 Å². The Labute approximate surface area is 186 Å². The number of benzene rings is 2. The number of nitriles is 1. The second-order valence-electron chi connectivity index (χ2n) is 7.10. The van der Waals surface area contributed by atoms with Gasteiger partial charge in [0.15, 0.2) is 0 Å². The van der Waals surface area contributed by atoms with E-state index in [4.69, 9.17) is 4.74 Å². The molecule has 0 saturated carbocycles. The number of nitrogens with one attached hydrogen (secondary N) is 1. The van der Waals surface area contributed by atoms with E-state index in [1.54, 1.807) is 37.3 Å². The Morgan fingerprint density at radius 1 is 1.16 bits per heavy atom. The van der Waals surface area contributed by atoms with Gasteiger partial charge in [-0.05, 0) is 80.9 Å². The molecule has 1 amide bonds. The molecule has 0 aliphatic heterocycles. The summed E-state index contributed by atoms with van der Waals surface area (Å²) in [5.41, 5.74) is 4.03. The van der Waals surface area contributed by atoms with E-state index in [0.29, 0.717) is 23.4 Å². The number of ether oxygens (including phenoxy) is 1. The van der Waals surface area contributed by atoms with Gasteiger partial charge in [0.2, 0.25) is 0 Å². The van der Waals surface area contributed by atoms with Crippen molar-refractivity contribution >= 4 is 23.6 Å². The van der Waals surface area contributed by atoms with Crippen LogP contribution in [0.4, 0.5) is 5.69 Å². The van der Waals surface area contributed by atoms with Crippen LogP contribution in [0, 0.1) is 25.2 Å². The van der Waals surface area contributed by atoms with Gasteiger partial charge in [-0.1, -0.05) is 6.07 Å². The molecule has 0 spiro atoms. The topological polar surface area (TPSA) is 104 Å². The van der Waals surface area contributed by atoms with Crippen molar-refractivity contribution in [3.8, 4) is 17.5 Å². The molecule has 0 fully saturated rings. The van der Waals surface area contributed by atoms with Crippen LogP contribution in [0.3, 0.4) is 0 Å². The summed E-state index contributed by atoms with van der Waals surface area (Å²) in [5.74, 6) is -0.861. The van der Waals surface area contributed by atoms with Gasteiger partial charge in [-0.25, -0.2) is 4.79 Å². The van der Waals surface area contributed by atoms with Crippen LogP contribution in [0.25, 0.3) is 11.8 Å². The first kappa shape index (κ1) is 22.4. The zero-order valence-corrected chi connectivity index (χ0v) is 18.0. The van der Waals surface area contributed by atoms with Crippen LogP contribution < -0.4 is 5.32 Å². The molecule has 0 radical (unpaired) electrons. The third-order valence-corrected chi connectivity index (χ3v) is 4.88. The fourth-order valence-electron chi connectivity index (χ4n) is 3.36. The molecular weight excluding hydrogens is 406 g/mol. The molecule has 162 valence electrons. The van der Waals surface area contributed by atoms with E-state index in [2.05, 4.69) is 5.32 Å². The number of phenolic OH excluding ortho intramolecular Hbond substituents is 1. The summed E-state index contributed by atoms with van der Waals surface area (Å²) in [6.45, 7) is 5.83. The molecule has 2 aromatic carbocycles. The second kappa shape index (κ2) is 9.67. The smallest absolute Gasteiger partial charge is 0.338 e. The molecule has 0 aliphatic rings. The predicted molar refractivity (Wildman–Crippen MR) is 122 cm³/mol. The fourth-order valence-corrected chi connectivity index (χ4v) is 3.36. The number of aromatic nitrogens is 1. The average Bonchev–Trinajstić information content (AvgIpc) is 3.06. The summed E-state index contributed by atoms with van der Waals surface area (Å²) in [5, 5.41) is 21.5. The molecule has 0 aliphatic carbocycles. The van der Waals surface area contributed by atoms with Crippen LogP contribution in [-0.4, -0.2) is 28.2 Å². The van der Waals surface area contributed by atoms with Gasteiger partial charge in [-0.2, -0.15) is 5.26 Å². The lowest BCUT2D eigenvalue weighted by Gasteiger charge is -2.11. The zero-order chi connectivity index (χ0) is 23.3. The SMILES string of the molecule is CCOC(=O)c1cccc(-n2c(C)cc(/C=C(/C#N)C(=O)Nc3ccc(O)cc3)c2C)c1. The van der Waals surface area contributed by atoms with Gasteiger partial charge < -0.3 is 19.7 Å². The van der Waals surface area contributed by atoms with Crippen LogP contribution in [0.5, 0.6) is 5.75 Å². The third-order valence-electron chi connectivity index (χ3n) is 4.88. The lowest BCUT2D eigenvalue weighted by Crippen LogP contribution is -2.13. The first-order valence-electron chi connectivity index (χ1n) is 10.0. The Hall–Kier alpha value is -4.31. The number of rotatable bonds is 6. The number of hydrogen-bond donors (Lipinski definition) is 2. The Morgan fingerprint density at radius 2 is 1.88 bits per heavy atom. The molecule has 0 atom stereocenters. The molecule has 7 heteroatoms. The summed E-state index contributed by atoms with van der Waals surface area (Å²) in [7, 11) is 0. The standard InChI is InChI=1S/C25H23N3O4/c1-4-32-25(31)18-6-5-7-22(14-18)28-16(2)12-19(17(28)3)13-20(15-26)24(30)27-21-8-10-23(29)11-9-21/h5-14,29H,4H2,1-3H3,(H,27,30)/b20-13-. The first-order valence-corrected chi connectivity index (χ1v) is 10.0. The summed E-state index contributed by atoms with van der Waals surface area (Å²) >= 11 is 0. The molecule has 1 heterocycles. The normalized spacial score (nSPS) is 11.0. The van der Waals surface area contributed by atoms with Crippen LogP contribution >= 0.6 is 0 Å². The average molecular weight is 429 g/mol. The van der Waals surface area contributed by atoms with Crippen molar-refractivity contribution < 1.29 is 19.4 Å². The summed E-state index contributed by atoms with van der Waals surface area (Å²) in [4.78, 5) is 24.7. The number of anilines is 1. The number of phenols is 1. The molecule has 1 aromatic heterocycles. The van der Waals surface area contributed by atoms with Gasteiger partial charge in [-0.3, -0.25) is 4.79 Å². The highest BCUT2D eigenvalue weighted by Crippen LogP contribution is 2.24. The van der Waals surface area contributed by atoms with Gasteiger partial charge in [0.05, 0.1) is 12.2 Å². The highest BCUT2D eigenvalue weighted by atomic mass is 16.5. The van der Waals surface area contributed by atoms with Gasteiger partial charge in [0, 0.05) is 22.8 Å². The minimum atomic E-state index is -0.549. The van der Waals surface area contributed by atoms with Crippen molar-refractivity contribution in [3.05, 3.63) is 82.7 Å². The molecule has 0 bridgehead atoms.